The van der Waals surface area contributed by atoms with Gasteiger partial charge in [0.25, 0.3) is 0 Å². The lowest BCUT2D eigenvalue weighted by Gasteiger charge is -2.38. The third kappa shape index (κ3) is 2.76. The van der Waals surface area contributed by atoms with Crippen LogP contribution in [0.1, 0.15) is 64.0 Å². The lowest BCUT2D eigenvalue weighted by Crippen LogP contribution is -2.36. The van der Waals surface area contributed by atoms with Gasteiger partial charge in [0.2, 0.25) is 0 Å². The summed E-state index contributed by atoms with van der Waals surface area (Å²) in [4.78, 5) is 0. The molecule has 21 heavy (non-hydrogen) atoms. The van der Waals surface area contributed by atoms with Crippen LogP contribution in [0.4, 0.5) is 0 Å². The van der Waals surface area contributed by atoms with Crippen LogP contribution in [-0.2, 0) is 0 Å². The fourth-order valence-corrected chi connectivity index (χ4v) is 5.08. The molecule has 1 aliphatic carbocycles. The molecule has 1 aromatic heterocycles. The van der Waals surface area contributed by atoms with Gasteiger partial charge in [0.15, 0.2) is 0 Å². The maximum Gasteiger partial charge on any atom is 0.0391 e. The first-order valence-corrected chi connectivity index (χ1v) is 9.38. The van der Waals surface area contributed by atoms with Gasteiger partial charge in [-0.2, -0.15) is 0 Å². The average Bonchev–Trinajstić information content (AvgIpc) is 3.16. The summed E-state index contributed by atoms with van der Waals surface area (Å²) in [5.74, 6) is 0. The van der Waals surface area contributed by atoms with E-state index in [2.05, 4.69) is 48.8 Å². The van der Waals surface area contributed by atoms with E-state index >= 15 is 0 Å². The maximum absolute atomic E-state index is 3.90. The van der Waals surface area contributed by atoms with Gasteiger partial charge in [0.1, 0.15) is 0 Å². The number of nitrogens with one attached hydrogen (secondary N) is 1. The molecule has 114 valence electrons. The molecule has 0 aliphatic heterocycles. The second-order valence-corrected chi connectivity index (χ2v) is 7.41. The average molecular weight is 301 g/mol. The molecule has 1 aromatic carbocycles. The van der Waals surface area contributed by atoms with Crippen LogP contribution in [0.2, 0.25) is 0 Å². The van der Waals surface area contributed by atoms with Crippen LogP contribution in [0.5, 0.6) is 0 Å². The summed E-state index contributed by atoms with van der Waals surface area (Å²) in [5, 5.41) is 7.78. The number of hydrogen-bond acceptors (Lipinski definition) is 2. The van der Waals surface area contributed by atoms with Crippen molar-refractivity contribution in [2.45, 2.75) is 58.4 Å². The molecule has 2 aromatic rings. The van der Waals surface area contributed by atoms with Gasteiger partial charge in [-0.3, -0.25) is 0 Å². The van der Waals surface area contributed by atoms with E-state index in [4.69, 9.17) is 0 Å². The molecular formula is C19H27NS. The molecule has 1 unspecified atom stereocenters. The van der Waals surface area contributed by atoms with Gasteiger partial charge in [0, 0.05) is 10.7 Å². The van der Waals surface area contributed by atoms with Gasteiger partial charge in [-0.25, -0.2) is 0 Å². The van der Waals surface area contributed by atoms with Crippen molar-refractivity contribution in [1.82, 2.24) is 5.32 Å². The van der Waals surface area contributed by atoms with Gasteiger partial charge < -0.3 is 5.32 Å². The molecular weight excluding hydrogens is 274 g/mol. The minimum absolute atomic E-state index is 0.471. The van der Waals surface area contributed by atoms with Crippen LogP contribution in [0.3, 0.4) is 0 Å². The number of rotatable bonds is 6. The Kier molecular flexibility index (Phi) is 4.66. The van der Waals surface area contributed by atoms with Crippen molar-refractivity contribution in [3.8, 4) is 0 Å². The zero-order valence-electron chi connectivity index (χ0n) is 13.3. The van der Waals surface area contributed by atoms with Crippen molar-refractivity contribution in [3.63, 3.8) is 0 Å². The highest BCUT2D eigenvalue weighted by molar-refractivity contribution is 7.17. The minimum Gasteiger partial charge on any atom is -0.309 e. The molecule has 1 saturated carbocycles. The Morgan fingerprint density at radius 2 is 1.95 bits per heavy atom. The largest absolute Gasteiger partial charge is 0.309 e. The lowest BCUT2D eigenvalue weighted by atomic mass is 9.73. The fraction of sp³-hybridized carbons (Fsp3) is 0.579. The van der Waals surface area contributed by atoms with Crippen molar-refractivity contribution in [1.29, 1.82) is 0 Å². The van der Waals surface area contributed by atoms with Crippen molar-refractivity contribution >= 4 is 21.4 Å². The smallest absolute Gasteiger partial charge is 0.0391 e. The third-order valence-corrected chi connectivity index (χ3v) is 6.32. The van der Waals surface area contributed by atoms with Gasteiger partial charge in [-0.05, 0) is 60.0 Å². The Morgan fingerprint density at radius 3 is 2.67 bits per heavy atom. The molecule has 1 N–H and O–H groups in total. The molecule has 1 fully saturated rings. The van der Waals surface area contributed by atoms with E-state index in [1.165, 1.54) is 48.6 Å². The summed E-state index contributed by atoms with van der Waals surface area (Å²) < 4.78 is 1.43. The van der Waals surface area contributed by atoms with E-state index in [1.807, 2.05) is 11.3 Å². The molecule has 0 saturated heterocycles. The highest BCUT2D eigenvalue weighted by Gasteiger charge is 2.40. The molecule has 3 rings (SSSR count). The van der Waals surface area contributed by atoms with Gasteiger partial charge in [-0.1, -0.05) is 44.9 Å². The van der Waals surface area contributed by atoms with Gasteiger partial charge in [-0.15, -0.1) is 11.3 Å². The predicted molar refractivity (Wildman–Crippen MR) is 94.1 cm³/mol. The van der Waals surface area contributed by atoms with E-state index in [1.54, 1.807) is 5.56 Å². The molecule has 1 heterocycles. The number of thiophene rings is 1. The van der Waals surface area contributed by atoms with Crippen molar-refractivity contribution in [2.75, 3.05) is 6.54 Å². The van der Waals surface area contributed by atoms with Crippen LogP contribution in [0.25, 0.3) is 10.1 Å². The first-order valence-electron chi connectivity index (χ1n) is 8.50. The zero-order valence-corrected chi connectivity index (χ0v) is 14.1. The first-order chi connectivity index (χ1) is 10.3. The van der Waals surface area contributed by atoms with Crippen LogP contribution < -0.4 is 5.32 Å². The van der Waals surface area contributed by atoms with E-state index in [0.29, 0.717) is 11.5 Å². The molecule has 1 nitrogen and oxygen atoms in total. The van der Waals surface area contributed by atoms with Gasteiger partial charge in [0.05, 0.1) is 0 Å². The Labute approximate surface area is 132 Å². The van der Waals surface area contributed by atoms with E-state index in [0.717, 1.165) is 6.54 Å². The summed E-state index contributed by atoms with van der Waals surface area (Å²) in [7, 11) is 0. The monoisotopic (exact) mass is 301 g/mol. The summed E-state index contributed by atoms with van der Waals surface area (Å²) in [6.45, 7) is 5.78. The van der Waals surface area contributed by atoms with E-state index < -0.39 is 0 Å². The standard InChI is InChI=1S/C19H27NS/c1-3-13-20-18(19(4-2)11-7-8-12-19)16-14-21-17-10-6-5-9-15(16)17/h5-6,9-10,14,18,20H,3-4,7-8,11-13H2,1-2H3. The molecule has 0 amide bonds. The van der Waals surface area contributed by atoms with Crippen LogP contribution in [0.15, 0.2) is 29.6 Å². The van der Waals surface area contributed by atoms with Crippen molar-refractivity contribution in [3.05, 3.63) is 35.2 Å². The Balaban J connectivity index is 2.02. The highest BCUT2D eigenvalue weighted by Crippen LogP contribution is 2.51. The van der Waals surface area contributed by atoms with Crippen LogP contribution in [-0.4, -0.2) is 6.54 Å². The normalized spacial score (nSPS) is 19.1. The molecule has 0 radical (unpaired) electrons. The number of benzene rings is 1. The summed E-state index contributed by atoms with van der Waals surface area (Å²) in [6, 6.07) is 9.43. The predicted octanol–water partition coefficient (Wildman–Crippen LogP) is 5.91. The second-order valence-electron chi connectivity index (χ2n) is 6.50. The molecule has 0 bridgehead atoms. The molecule has 2 heteroatoms. The van der Waals surface area contributed by atoms with E-state index in [9.17, 15) is 0 Å². The van der Waals surface area contributed by atoms with Gasteiger partial charge >= 0.3 is 0 Å². The van der Waals surface area contributed by atoms with Crippen LogP contribution in [0, 0.1) is 5.41 Å². The first kappa shape index (κ1) is 15.1. The minimum atomic E-state index is 0.471. The summed E-state index contributed by atoms with van der Waals surface area (Å²) >= 11 is 1.90. The number of hydrogen-bond donors (Lipinski definition) is 1. The molecule has 1 atom stereocenters. The topological polar surface area (TPSA) is 12.0 Å². The SMILES string of the molecule is CCCNC(c1csc2ccccc12)C1(CC)CCCC1. The Bertz CT molecular complexity index is 580. The lowest BCUT2D eigenvalue weighted by molar-refractivity contribution is 0.188. The second kappa shape index (κ2) is 6.50. The quantitative estimate of drug-likeness (QED) is 0.699. The summed E-state index contributed by atoms with van der Waals surface area (Å²) in [6.07, 6.45) is 8.07. The van der Waals surface area contributed by atoms with E-state index in [-0.39, 0.29) is 0 Å². The highest BCUT2D eigenvalue weighted by atomic mass is 32.1. The third-order valence-electron chi connectivity index (χ3n) is 5.34. The zero-order chi connectivity index (χ0) is 14.7. The van der Waals surface area contributed by atoms with Crippen LogP contribution >= 0.6 is 11.3 Å². The van der Waals surface area contributed by atoms with Crippen molar-refractivity contribution < 1.29 is 0 Å². The Morgan fingerprint density at radius 1 is 1.19 bits per heavy atom. The molecule has 0 spiro atoms. The fourth-order valence-electron chi connectivity index (χ4n) is 4.09. The Hall–Kier alpha value is -0.860. The molecule has 1 aliphatic rings. The number of fused-ring (bicyclic) bond motifs is 1. The summed E-state index contributed by atoms with van der Waals surface area (Å²) in [5.41, 5.74) is 2.02. The maximum atomic E-state index is 3.90. The van der Waals surface area contributed by atoms with Crippen molar-refractivity contribution in [2.24, 2.45) is 5.41 Å².